The summed E-state index contributed by atoms with van der Waals surface area (Å²) < 4.78 is 0. The Morgan fingerprint density at radius 2 is 2.11 bits per heavy atom. The molecule has 0 spiro atoms. The molecule has 1 heterocycles. The van der Waals surface area contributed by atoms with Gasteiger partial charge in [0.2, 0.25) is 0 Å². The van der Waals surface area contributed by atoms with Crippen LogP contribution in [-0.4, -0.2) is 25.7 Å². The molecule has 0 radical (unpaired) electrons. The van der Waals surface area contributed by atoms with E-state index in [1.807, 2.05) is 0 Å². The highest BCUT2D eigenvalue weighted by Gasteiger charge is 2.20. The standard InChI is InChI=1S/C6H15N3/c7-2-5-1-6(3-8)9-4-5/h5-6,9H,1-4,7-8H2. The Labute approximate surface area is 55.8 Å². The third-order valence-electron chi connectivity index (χ3n) is 1.93. The normalized spacial score (nSPS) is 35.3. The van der Waals surface area contributed by atoms with Crippen molar-refractivity contribution in [3.05, 3.63) is 0 Å². The van der Waals surface area contributed by atoms with Crippen molar-refractivity contribution in [3.8, 4) is 0 Å². The average molecular weight is 129 g/mol. The molecule has 1 rings (SSSR count). The number of hydrogen-bond acceptors (Lipinski definition) is 3. The molecule has 0 aromatic carbocycles. The van der Waals surface area contributed by atoms with Crippen LogP contribution < -0.4 is 16.8 Å². The number of rotatable bonds is 2. The smallest absolute Gasteiger partial charge is 0.0193 e. The van der Waals surface area contributed by atoms with Crippen molar-refractivity contribution in [2.24, 2.45) is 17.4 Å². The van der Waals surface area contributed by atoms with Gasteiger partial charge in [-0.15, -0.1) is 0 Å². The maximum absolute atomic E-state index is 5.47. The fourth-order valence-electron chi connectivity index (χ4n) is 1.26. The molecule has 1 saturated heterocycles. The molecule has 9 heavy (non-hydrogen) atoms. The van der Waals surface area contributed by atoms with Crippen molar-refractivity contribution in [1.29, 1.82) is 0 Å². The second-order valence-electron chi connectivity index (χ2n) is 2.68. The predicted molar refractivity (Wildman–Crippen MR) is 38.0 cm³/mol. The second-order valence-corrected chi connectivity index (χ2v) is 2.68. The first-order valence-corrected chi connectivity index (χ1v) is 3.50. The first-order chi connectivity index (χ1) is 4.36. The van der Waals surface area contributed by atoms with E-state index in [1.165, 1.54) is 0 Å². The zero-order valence-electron chi connectivity index (χ0n) is 5.64. The minimum Gasteiger partial charge on any atom is -0.330 e. The Balaban J connectivity index is 2.20. The molecular weight excluding hydrogens is 114 g/mol. The van der Waals surface area contributed by atoms with Crippen molar-refractivity contribution < 1.29 is 0 Å². The summed E-state index contributed by atoms with van der Waals surface area (Å²) >= 11 is 0. The summed E-state index contributed by atoms with van der Waals surface area (Å²) in [6.45, 7) is 2.60. The van der Waals surface area contributed by atoms with Crippen molar-refractivity contribution in [2.75, 3.05) is 19.6 Å². The maximum atomic E-state index is 5.47. The third-order valence-corrected chi connectivity index (χ3v) is 1.93. The fourth-order valence-corrected chi connectivity index (χ4v) is 1.26. The first-order valence-electron chi connectivity index (χ1n) is 3.50. The molecule has 0 aliphatic carbocycles. The van der Waals surface area contributed by atoms with E-state index in [1.54, 1.807) is 0 Å². The van der Waals surface area contributed by atoms with E-state index in [4.69, 9.17) is 11.5 Å². The van der Waals surface area contributed by atoms with E-state index in [2.05, 4.69) is 5.32 Å². The number of nitrogens with two attached hydrogens (primary N) is 2. The minimum atomic E-state index is 0.526. The summed E-state index contributed by atoms with van der Waals surface area (Å²) in [6, 6.07) is 0.526. The highest BCUT2D eigenvalue weighted by Crippen LogP contribution is 2.10. The topological polar surface area (TPSA) is 64.1 Å². The van der Waals surface area contributed by atoms with Crippen LogP contribution in [0, 0.1) is 5.92 Å². The van der Waals surface area contributed by atoms with Crippen molar-refractivity contribution in [3.63, 3.8) is 0 Å². The van der Waals surface area contributed by atoms with Crippen molar-refractivity contribution in [2.45, 2.75) is 12.5 Å². The van der Waals surface area contributed by atoms with Crippen LogP contribution in [0.5, 0.6) is 0 Å². The highest BCUT2D eigenvalue weighted by molar-refractivity contribution is 4.82. The molecule has 54 valence electrons. The molecule has 0 saturated carbocycles. The molecule has 2 atom stereocenters. The lowest BCUT2D eigenvalue weighted by Crippen LogP contribution is -2.29. The van der Waals surface area contributed by atoms with Crippen LogP contribution in [0.2, 0.25) is 0 Å². The van der Waals surface area contributed by atoms with Crippen LogP contribution >= 0.6 is 0 Å². The Morgan fingerprint density at radius 3 is 2.44 bits per heavy atom. The molecule has 3 heteroatoms. The van der Waals surface area contributed by atoms with E-state index >= 15 is 0 Å². The van der Waals surface area contributed by atoms with E-state index in [-0.39, 0.29) is 0 Å². The molecule has 0 amide bonds. The molecule has 5 N–H and O–H groups in total. The van der Waals surface area contributed by atoms with E-state index in [0.717, 1.165) is 26.1 Å². The van der Waals surface area contributed by atoms with Gasteiger partial charge < -0.3 is 16.8 Å². The molecule has 1 fully saturated rings. The monoisotopic (exact) mass is 129 g/mol. The molecule has 3 nitrogen and oxygen atoms in total. The molecule has 0 aromatic rings. The van der Waals surface area contributed by atoms with Crippen molar-refractivity contribution in [1.82, 2.24) is 5.32 Å². The van der Waals surface area contributed by atoms with Gasteiger partial charge in [-0.2, -0.15) is 0 Å². The van der Waals surface area contributed by atoms with Crippen LogP contribution in [0.1, 0.15) is 6.42 Å². The molecule has 0 bridgehead atoms. The van der Waals surface area contributed by atoms with Gasteiger partial charge in [0.05, 0.1) is 0 Å². The highest BCUT2D eigenvalue weighted by atomic mass is 15.0. The van der Waals surface area contributed by atoms with Gasteiger partial charge in [-0.1, -0.05) is 0 Å². The van der Waals surface area contributed by atoms with Crippen LogP contribution in [-0.2, 0) is 0 Å². The minimum absolute atomic E-state index is 0.526. The molecule has 2 unspecified atom stereocenters. The summed E-state index contributed by atoms with van der Waals surface area (Å²) in [6.07, 6.45) is 1.16. The summed E-state index contributed by atoms with van der Waals surface area (Å²) in [5.74, 6) is 0.665. The quantitative estimate of drug-likeness (QED) is 0.442. The first kappa shape index (κ1) is 6.99. The van der Waals surface area contributed by atoms with Crippen LogP contribution in [0.4, 0.5) is 0 Å². The van der Waals surface area contributed by atoms with Crippen molar-refractivity contribution >= 4 is 0 Å². The van der Waals surface area contributed by atoms with Gasteiger partial charge in [-0.25, -0.2) is 0 Å². The van der Waals surface area contributed by atoms with Crippen LogP contribution in [0.15, 0.2) is 0 Å². The average Bonchev–Trinajstić information content (AvgIpc) is 2.34. The van der Waals surface area contributed by atoms with Gasteiger partial charge in [-0.05, 0) is 25.4 Å². The molecular formula is C6H15N3. The largest absolute Gasteiger partial charge is 0.330 e. The van der Waals surface area contributed by atoms with Gasteiger partial charge >= 0.3 is 0 Å². The summed E-state index contributed by atoms with van der Waals surface area (Å²) in [5, 5.41) is 3.30. The Hall–Kier alpha value is -0.120. The Bertz CT molecular complexity index is 74.4. The maximum Gasteiger partial charge on any atom is 0.0193 e. The zero-order chi connectivity index (χ0) is 6.69. The lowest BCUT2D eigenvalue weighted by Gasteiger charge is -2.04. The number of nitrogens with one attached hydrogen (secondary N) is 1. The summed E-state index contributed by atoms with van der Waals surface area (Å²) in [5.41, 5.74) is 10.9. The van der Waals surface area contributed by atoms with E-state index < -0.39 is 0 Å². The van der Waals surface area contributed by atoms with E-state index in [9.17, 15) is 0 Å². The molecule has 1 aliphatic heterocycles. The third kappa shape index (κ3) is 1.64. The lowest BCUT2D eigenvalue weighted by molar-refractivity contribution is 0.565. The van der Waals surface area contributed by atoms with Gasteiger partial charge in [0.25, 0.3) is 0 Å². The van der Waals surface area contributed by atoms with Gasteiger partial charge in [0, 0.05) is 12.6 Å². The van der Waals surface area contributed by atoms with E-state index in [0.29, 0.717) is 12.0 Å². The Kier molecular flexibility index (Phi) is 2.45. The summed E-state index contributed by atoms with van der Waals surface area (Å²) in [4.78, 5) is 0. The Morgan fingerprint density at radius 1 is 1.33 bits per heavy atom. The van der Waals surface area contributed by atoms with Gasteiger partial charge in [0.1, 0.15) is 0 Å². The predicted octanol–water partition coefficient (Wildman–Crippen LogP) is -1.12. The van der Waals surface area contributed by atoms with Gasteiger partial charge in [-0.3, -0.25) is 0 Å². The fraction of sp³-hybridized carbons (Fsp3) is 1.00. The lowest BCUT2D eigenvalue weighted by atomic mass is 10.1. The zero-order valence-corrected chi connectivity index (χ0v) is 5.64. The van der Waals surface area contributed by atoms with Gasteiger partial charge in [0.15, 0.2) is 0 Å². The SMILES string of the molecule is NCC1CNC(CN)C1. The van der Waals surface area contributed by atoms with Crippen LogP contribution in [0.25, 0.3) is 0 Å². The van der Waals surface area contributed by atoms with Crippen LogP contribution in [0.3, 0.4) is 0 Å². The molecule has 0 aromatic heterocycles. The second kappa shape index (κ2) is 3.15. The number of hydrogen-bond donors (Lipinski definition) is 3. The molecule has 1 aliphatic rings. The summed E-state index contributed by atoms with van der Waals surface area (Å²) in [7, 11) is 0.